The van der Waals surface area contributed by atoms with E-state index < -0.39 is 0 Å². The van der Waals surface area contributed by atoms with Crippen LogP contribution in [0.15, 0.2) is 30.3 Å². The van der Waals surface area contributed by atoms with Crippen molar-refractivity contribution in [2.45, 2.75) is 20.5 Å². The predicted molar refractivity (Wildman–Crippen MR) is 65.1 cm³/mol. The van der Waals surface area contributed by atoms with Gasteiger partial charge < -0.3 is 14.9 Å². The Bertz CT molecular complexity index is 232. The topological polar surface area (TPSA) is 49.7 Å². The van der Waals surface area contributed by atoms with E-state index in [-0.39, 0.29) is 19.1 Å². The first-order valence-corrected chi connectivity index (χ1v) is 5.70. The minimum Gasteiger partial charge on any atom is -0.396 e. The quantitative estimate of drug-likeness (QED) is 0.778. The molecule has 0 aliphatic heterocycles. The van der Waals surface area contributed by atoms with Gasteiger partial charge in [0, 0.05) is 5.92 Å². The highest BCUT2D eigenvalue weighted by Crippen LogP contribution is 2.02. The number of aliphatic hydroxyl groups excluding tert-OH is 2. The molecule has 16 heavy (non-hydrogen) atoms. The summed E-state index contributed by atoms with van der Waals surface area (Å²) in [6.07, 6.45) is 0. The van der Waals surface area contributed by atoms with E-state index in [0.717, 1.165) is 5.56 Å². The molecule has 0 atom stereocenters. The first-order chi connectivity index (χ1) is 7.86. The summed E-state index contributed by atoms with van der Waals surface area (Å²) in [7, 11) is 0. The van der Waals surface area contributed by atoms with Crippen LogP contribution in [-0.2, 0) is 11.3 Å². The lowest BCUT2D eigenvalue weighted by Gasteiger charge is -2.11. The Kier molecular flexibility index (Phi) is 10.0. The molecule has 0 amide bonds. The van der Waals surface area contributed by atoms with Crippen LogP contribution in [-0.4, -0.2) is 30.0 Å². The first-order valence-electron chi connectivity index (χ1n) is 5.70. The molecule has 0 spiro atoms. The van der Waals surface area contributed by atoms with Crippen LogP contribution in [0.5, 0.6) is 0 Å². The molecular formula is C13H22O3. The van der Waals surface area contributed by atoms with E-state index in [1.54, 1.807) is 0 Å². The summed E-state index contributed by atoms with van der Waals surface area (Å²) in [4.78, 5) is 0. The molecule has 0 bridgehead atoms. The van der Waals surface area contributed by atoms with Crippen molar-refractivity contribution in [1.29, 1.82) is 0 Å². The first kappa shape index (κ1) is 15.1. The van der Waals surface area contributed by atoms with Gasteiger partial charge in [-0.05, 0) is 5.56 Å². The molecule has 0 unspecified atom stereocenters. The van der Waals surface area contributed by atoms with E-state index in [1.807, 2.05) is 44.2 Å². The number of hydrogen-bond acceptors (Lipinski definition) is 3. The fourth-order valence-corrected chi connectivity index (χ4v) is 1.08. The molecule has 2 N–H and O–H groups in total. The summed E-state index contributed by atoms with van der Waals surface area (Å²) in [5.74, 6) is -0.168. The molecule has 92 valence electrons. The molecule has 0 saturated heterocycles. The zero-order valence-electron chi connectivity index (χ0n) is 10.1. The second-order valence-electron chi connectivity index (χ2n) is 3.23. The van der Waals surface area contributed by atoms with Crippen molar-refractivity contribution >= 4 is 0 Å². The molecule has 3 heteroatoms. The van der Waals surface area contributed by atoms with Crippen molar-refractivity contribution in [2.24, 2.45) is 5.92 Å². The third kappa shape index (κ3) is 6.56. The highest BCUT2D eigenvalue weighted by Gasteiger charge is 2.05. The van der Waals surface area contributed by atoms with Crippen LogP contribution in [0, 0.1) is 5.92 Å². The summed E-state index contributed by atoms with van der Waals surface area (Å²) in [5.41, 5.74) is 1.10. The van der Waals surface area contributed by atoms with Crippen LogP contribution in [0.2, 0.25) is 0 Å². The standard InChI is InChI=1S/C11H16O3.C2H6/c12-6-11(7-13)9-14-8-10-4-2-1-3-5-10;1-2/h1-5,11-13H,6-9H2;1-2H3. The second kappa shape index (κ2) is 10.6. The van der Waals surface area contributed by atoms with Gasteiger partial charge in [-0.2, -0.15) is 0 Å². The Hall–Kier alpha value is -0.900. The highest BCUT2D eigenvalue weighted by atomic mass is 16.5. The van der Waals surface area contributed by atoms with Crippen molar-refractivity contribution in [3.63, 3.8) is 0 Å². The van der Waals surface area contributed by atoms with Crippen molar-refractivity contribution in [3.05, 3.63) is 35.9 Å². The van der Waals surface area contributed by atoms with Gasteiger partial charge in [0.1, 0.15) is 0 Å². The molecule has 0 saturated carbocycles. The maximum absolute atomic E-state index is 8.78. The van der Waals surface area contributed by atoms with E-state index in [9.17, 15) is 0 Å². The minimum absolute atomic E-state index is 0.0364. The zero-order chi connectivity index (χ0) is 12.2. The fourth-order valence-electron chi connectivity index (χ4n) is 1.08. The molecule has 1 aromatic carbocycles. The van der Waals surface area contributed by atoms with E-state index in [2.05, 4.69) is 0 Å². The van der Waals surface area contributed by atoms with Gasteiger partial charge in [0.25, 0.3) is 0 Å². The van der Waals surface area contributed by atoms with Gasteiger partial charge >= 0.3 is 0 Å². The third-order valence-electron chi connectivity index (χ3n) is 1.98. The Labute approximate surface area is 97.7 Å². The summed E-state index contributed by atoms with van der Waals surface area (Å²) >= 11 is 0. The van der Waals surface area contributed by atoms with Crippen LogP contribution in [0.3, 0.4) is 0 Å². The largest absolute Gasteiger partial charge is 0.396 e. The molecule has 1 rings (SSSR count). The van der Waals surface area contributed by atoms with E-state index in [4.69, 9.17) is 14.9 Å². The summed E-state index contributed by atoms with van der Waals surface area (Å²) in [6.45, 7) is 4.84. The highest BCUT2D eigenvalue weighted by molar-refractivity contribution is 5.13. The molecule has 0 aromatic heterocycles. The number of ether oxygens (including phenoxy) is 1. The van der Waals surface area contributed by atoms with Gasteiger partial charge in [-0.1, -0.05) is 44.2 Å². The summed E-state index contributed by atoms with van der Waals surface area (Å²) < 4.78 is 5.34. The predicted octanol–water partition coefficient (Wildman–Crippen LogP) is 1.83. The SMILES string of the molecule is CC.OCC(CO)COCc1ccccc1. The lowest BCUT2D eigenvalue weighted by atomic mass is 10.2. The van der Waals surface area contributed by atoms with Crippen molar-refractivity contribution in [3.8, 4) is 0 Å². The Morgan fingerprint density at radius 3 is 2.12 bits per heavy atom. The maximum atomic E-state index is 8.78. The van der Waals surface area contributed by atoms with E-state index in [1.165, 1.54) is 0 Å². The van der Waals surface area contributed by atoms with E-state index >= 15 is 0 Å². The maximum Gasteiger partial charge on any atom is 0.0717 e. The number of hydrogen-bond donors (Lipinski definition) is 2. The summed E-state index contributed by atoms with van der Waals surface area (Å²) in [6, 6.07) is 9.82. The second-order valence-corrected chi connectivity index (χ2v) is 3.23. The van der Waals surface area contributed by atoms with Gasteiger partial charge in [-0.25, -0.2) is 0 Å². The Balaban J connectivity index is 0.00000106. The molecule has 3 nitrogen and oxygen atoms in total. The van der Waals surface area contributed by atoms with Gasteiger partial charge in [0.05, 0.1) is 26.4 Å². The smallest absolute Gasteiger partial charge is 0.0717 e. The zero-order valence-corrected chi connectivity index (χ0v) is 10.1. The van der Waals surface area contributed by atoms with Gasteiger partial charge in [0.2, 0.25) is 0 Å². The molecule has 0 fully saturated rings. The van der Waals surface area contributed by atoms with Crippen LogP contribution in [0.25, 0.3) is 0 Å². The minimum atomic E-state index is -0.168. The van der Waals surface area contributed by atoms with Crippen molar-refractivity contribution < 1.29 is 14.9 Å². The summed E-state index contributed by atoms with van der Waals surface area (Å²) in [5, 5.41) is 17.6. The average Bonchev–Trinajstić information content (AvgIpc) is 2.38. The molecule has 0 aliphatic carbocycles. The molecule has 0 heterocycles. The van der Waals surface area contributed by atoms with Gasteiger partial charge in [-0.15, -0.1) is 0 Å². The Morgan fingerprint density at radius 2 is 1.62 bits per heavy atom. The van der Waals surface area contributed by atoms with Crippen LogP contribution in [0.4, 0.5) is 0 Å². The third-order valence-corrected chi connectivity index (χ3v) is 1.98. The fraction of sp³-hybridized carbons (Fsp3) is 0.538. The monoisotopic (exact) mass is 226 g/mol. The normalized spacial score (nSPS) is 9.81. The van der Waals surface area contributed by atoms with E-state index in [0.29, 0.717) is 13.2 Å². The van der Waals surface area contributed by atoms with Crippen LogP contribution in [0.1, 0.15) is 19.4 Å². The van der Waals surface area contributed by atoms with Crippen molar-refractivity contribution in [2.75, 3.05) is 19.8 Å². The molecule has 1 aromatic rings. The van der Waals surface area contributed by atoms with Crippen LogP contribution >= 0.6 is 0 Å². The Morgan fingerprint density at radius 1 is 1.06 bits per heavy atom. The molecule has 0 aliphatic rings. The van der Waals surface area contributed by atoms with Crippen molar-refractivity contribution in [1.82, 2.24) is 0 Å². The van der Waals surface area contributed by atoms with Gasteiger partial charge in [-0.3, -0.25) is 0 Å². The average molecular weight is 226 g/mol. The number of aliphatic hydroxyl groups is 2. The lowest BCUT2D eigenvalue weighted by Crippen LogP contribution is -2.17. The van der Waals surface area contributed by atoms with Crippen LogP contribution < -0.4 is 0 Å². The lowest BCUT2D eigenvalue weighted by molar-refractivity contribution is 0.0372. The molecular weight excluding hydrogens is 204 g/mol. The number of rotatable bonds is 6. The number of benzene rings is 1. The molecule has 0 radical (unpaired) electrons. The van der Waals surface area contributed by atoms with Gasteiger partial charge in [0.15, 0.2) is 0 Å².